The molecule has 0 aromatic heterocycles. The standard InChI is InChI=1S/C13H19ClN2O3/c1-5-10(7-11(14)9(3)15)13(18)16(4)8-12(17)19-6-2/h5,7H,3,6,8,15H2,1-2,4H3/b10-5+,11-7+. The Morgan fingerprint density at radius 1 is 1.47 bits per heavy atom. The van der Waals surface area contributed by atoms with Gasteiger partial charge in [-0.25, -0.2) is 0 Å². The van der Waals surface area contributed by atoms with E-state index in [4.69, 9.17) is 22.1 Å². The van der Waals surface area contributed by atoms with Crippen molar-refractivity contribution in [2.75, 3.05) is 20.2 Å². The Balaban J connectivity index is 4.83. The molecule has 0 aliphatic rings. The number of rotatable bonds is 6. The summed E-state index contributed by atoms with van der Waals surface area (Å²) in [6, 6.07) is 0. The Kier molecular flexibility index (Phi) is 7.60. The number of carbonyl (C=O) groups excluding carboxylic acids is 2. The van der Waals surface area contributed by atoms with Crippen molar-refractivity contribution in [3.05, 3.63) is 35.0 Å². The topological polar surface area (TPSA) is 72.6 Å². The van der Waals surface area contributed by atoms with Crippen molar-refractivity contribution in [1.82, 2.24) is 4.90 Å². The molecule has 0 heterocycles. The summed E-state index contributed by atoms with van der Waals surface area (Å²) >= 11 is 5.83. The van der Waals surface area contributed by atoms with Crippen LogP contribution in [0.1, 0.15) is 13.8 Å². The van der Waals surface area contributed by atoms with Crippen LogP contribution in [0, 0.1) is 0 Å². The molecule has 0 aromatic rings. The molecule has 6 heteroatoms. The summed E-state index contributed by atoms with van der Waals surface area (Å²) in [5.41, 5.74) is 5.91. The van der Waals surface area contributed by atoms with Gasteiger partial charge < -0.3 is 15.4 Å². The summed E-state index contributed by atoms with van der Waals surface area (Å²) in [4.78, 5) is 24.6. The van der Waals surface area contributed by atoms with Crippen molar-refractivity contribution in [3.63, 3.8) is 0 Å². The molecule has 0 aliphatic heterocycles. The van der Waals surface area contributed by atoms with E-state index in [-0.39, 0.29) is 29.8 Å². The van der Waals surface area contributed by atoms with Crippen LogP contribution in [0.5, 0.6) is 0 Å². The maximum absolute atomic E-state index is 12.0. The first kappa shape index (κ1) is 17.2. The molecule has 1 amide bonds. The highest BCUT2D eigenvalue weighted by atomic mass is 35.5. The van der Waals surface area contributed by atoms with Crippen LogP contribution >= 0.6 is 11.6 Å². The lowest BCUT2D eigenvalue weighted by Gasteiger charge is -2.16. The van der Waals surface area contributed by atoms with E-state index in [9.17, 15) is 9.59 Å². The average molecular weight is 287 g/mol. The molecule has 19 heavy (non-hydrogen) atoms. The van der Waals surface area contributed by atoms with Crippen molar-refractivity contribution in [3.8, 4) is 0 Å². The minimum Gasteiger partial charge on any atom is -0.465 e. The van der Waals surface area contributed by atoms with Gasteiger partial charge in [-0.3, -0.25) is 9.59 Å². The SMILES string of the molecule is C=C(N)/C(Cl)=C\C(=C/C)C(=O)N(C)CC(=O)OCC. The molecule has 106 valence electrons. The van der Waals surface area contributed by atoms with Crippen LogP contribution in [0.25, 0.3) is 0 Å². The number of halogens is 1. The van der Waals surface area contributed by atoms with Crippen LogP contribution < -0.4 is 5.73 Å². The second-order valence-electron chi connectivity index (χ2n) is 3.73. The van der Waals surface area contributed by atoms with Crippen LogP contribution in [0.15, 0.2) is 35.0 Å². The fourth-order valence-electron chi connectivity index (χ4n) is 1.19. The molecular formula is C13H19ClN2O3. The number of likely N-dealkylation sites (N-methyl/N-ethyl adjacent to an activating group) is 1. The summed E-state index contributed by atoms with van der Waals surface area (Å²) in [6.45, 7) is 7.01. The molecule has 0 fully saturated rings. The van der Waals surface area contributed by atoms with Crippen molar-refractivity contribution in [1.29, 1.82) is 0 Å². The molecule has 2 N–H and O–H groups in total. The van der Waals surface area contributed by atoms with Crippen molar-refractivity contribution >= 4 is 23.5 Å². The first-order valence-electron chi connectivity index (χ1n) is 5.72. The predicted molar refractivity (Wildman–Crippen MR) is 75.3 cm³/mol. The first-order valence-corrected chi connectivity index (χ1v) is 6.10. The van der Waals surface area contributed by atoms with E-state index in [0.717, 1.165) is 0 Å². The summed E-state index contributed by atoms with van der Waals surface area (Å²) in [7, 11) is 1.50. The molecular weight excluding hydrogens is 268 g/mol. The van der Waals surface area contributed by atoms with Gasteiger partial charge in [0.25, 0.3) is 5.91 Å². The third-order valence-corrected chi connectivity index (χ3v) is 2.52. The lowest BCUT2D eigenvalue weighted by atomic mass is 10.2. The van der Waals surface area contributed by atoms with Gasteiger partial charge in [-0.15, -0.1) is 0 Å². The number of allylic oxidation sites excluding steroid dienone is 2. The molecule has 0 aromatic carbocycles. The fraction of sp³-hybridized carbons (Fsp3) is 0.385. The van der Waals surface area contributed by atoms with Gasteiger partial charge in [0.2, 0.25) is 0 Å². The number of nitrogens with zero attached hydrogens (tertiary/aromatic N) is 1. The Morgan fingerprint density at radius 2 is 2.05 bits per heavy atom. The summed E-state index contributed by atoms with van der Waals surface area (Å²) in [5.74, 6) is -0.818. The predicted octanol–water partition coefficient (Wildman–Crippen LogP) is 1.55. The van der Waals surface area contributed by atoms with E-state index in [1.165, 1.54) is 18.0 Å². The lowest BCUT2D eigenvalue weighted by Crippen LogP contribution is -2.33. The van der Waals surface area contributed by atoms with Gasteiger partial charge in [-0.1, -0.05) is 24.3 Å². The number of ether oxygens (including phenoxy) is 1. The van der Waals surface area contributed by atoms with E-state index in [1.807, 2.05) is 0 Å². The maximum Gasteiger partial charge on any atom is 0.325 e. The second-order valence-corrected chi connectivity index (χ2v) is 4.13. The molecule has 0 saturated carbocycles. The summed E-state index contributed by atoms with van der Waals surface area (Å²) in [6.07, 6.45) is 2.99. The molecule has 0 aliphatic carbocycles. The van der Waals surface area contributed by atoms with Crippen LogP contribution in [-0.4, -0.2) is 37.0 Å². The van der Waals surface area contributed by atoms with Crippen molar-refractivity contribution < 1.29 is 14.3 Å². The molecule has 0 atom stereocenters. The minimum absolute atomic E-state index is 0.126. The summed E-state index contributed by atoms with van der Waals surface area (Å²) < 4.78 is 4.77. The van der Waals surface area contributed by atoms with E-state index >= 15 is 0 Å². The molecule has 0 rings (SSSR count). The largest absolute Gasteiger partial charge is 0.465 e. The molecule has 0 bridgehead atoms. The van der Waals surface area contributed by atoms with Gasteiger partial charge in [0.1, 0.15) is 6.54 Å². The maximum atomic E-state index is 12.0. The third kappa shape index (κ3) is 6.10. The first-order chi connectivity index (χ1) is 8.83. The molecule has 0 saturated heterocycles. The number of carbonyl (C=O) groups is 2. The van der Waals surface area contributed by atoms with Gasteiger partial charge >= 0.3 is 5.97 Å². The van der Waals surface area contributed by atoms with Crippen molar-refractivity contribution in [2.24, 2.45) is 5.73 Å². The van der Waals surface area contributed by atoms with Crippen molar-refractivity contribution in [2.45, 2.75) is 13.8 Å². The quantitative estimate of drug-likeness (QED) is 0.457. The monoisotopic (exact) mass is 286 g/mol. The third-order valence-electron chi connectivity index (χ3n) is 2.17. The second kappa shape index (κ2) is 8.37. The van der Waals surface area contributed by atoms with Gasteiger partial charge in [-0.05, 0) is 19.9 Å². The molecule has 0 unspecified atom stereocenters. The van der Waals surface area contributed by atoms with E-state index in [0.29, 0.717) is 5.57 Å². The van der Waals surface area contributed by atoms with E-state index < -0.39 is 5.97 Å². The van der Waals surface area contributed by atoms with Gasteiger partial charge in [0, 0.05) is 18.3 Å². The van der Waals surface area contributed by atoms with Gasteiger partial charge in [0.15, 0.2) is 0 Å². The fourth-order valence-corrected chi connectivity index (χ4v) is 1.31. The minimum atomic E-state index is -0.466. The normalized spacial score (nSPS) is 12.0. The zero-order valence-electron chi connectivity index (χ0n) is 11.4. The lowest BCUT2D eigenvalue weighted by molar-refractivity contribution is -0.147. The van der Waals surface area contributed by atoms with Gasteiger partial charge in [0.05, 0.1) is 11.6 Å². The smallest absolute Gasteiger partial charge is 0.325 e. The van der Waals surface area contributed by atoms with E-state index in [2.05, 4.69) is 6.58 Å². The molecule has 0 radical (unpaired) electrons. The molecule has 5 nitrogen and oxygen atoms in total. The van der Waals surface area contributed by atoms with Gasteiger partial charge in [-0.2, -0.15) is 0 Å². The number of hydrogen-bond donors (Lipinski definition) is 1. The highest BCUT2D eigenvalue weighted by Gasteiger charge is 2.16. The Bertz CT molecular complexity index is 428. The highest BCUT2D eigenvalue weighted by molar-refractivity contribution is 6.32. The van der Waals surface area contributed by atoms with Crippen LogP contribution in [0.3, 0.4) is 0 Å². The number of hydrogen-bond acceptors (Lipinski definition) is 4. The summed E-state index contributed by atoms with van der Waals surface area (Å²) in [5, 5.41) is 0.186. The number of nitrogens with two attached hydrogens (primary N) is 1. The zero-order chi connectivity index (χ0) is 15.0. The average Bonchev–Trinajstić information content (AvgIpc) is 2.34. The van der Waals surface area contributed by atoms with Crippen LogP contribution in [0.2, 0.25) is 0 Å². The van der Waals surface area contributed by atoms with Crippen LogP contribution in [0.4, 0.5) is 0 Å². The highest BCUT2D eigenvalue weighted by Crippen LogP contribution is 2.13. The number of amides is 1. The Morgan fingerprint density at radius 3 is 2.47 bits per heavy atom. The zero-order valence-corrected chi connectivity index (χ0v) is 12.2. The van der Waals surface area contributed by atoms with E-state index in [1.54, 1.807) is 19.9 Å². The Hall–Kier alpha value is -1.75. The Labute approximate surface area is 118 Å². The number of esters is 1. The molecule has 0 spiro atoms. The van der Waals surface area contributed by atoms with Crippen LogP contribution in [-0.2, 0) is 14.3 Å².